The van der Waals surface area contributed by atoms with Gasteiger partial charge in [-0.05, 0) is 48.7 Å². The van der Waals surface area contributed by atoms with Crippen LogP contribution < -0.4 is 20.7 Å². The van der Waals surface area contributed by atoms with Gasteiger partial charge in [-0.25, -0.2) is 9.97 Å². The zero-order chi connectivity index (χ0) is 26.7. The molecule has 0 aliphatic carbocycles. The zero-order valence-electron chi connectivity index (χ0n) is 22.6. The van der Waals surface area contributed by atoms with Crippen molar-refractivity contribution in [3.63, 3.8) is 0 Å². The summed E-state index contributed by atoms with van der Waals surface area (Å²) in [7, 11) is 0. The maximum atomic E-state index is 6.32. The van der Waals surface area contributed by atoms with Crippen molar-refractivity contribution in [3.05, 3.63) is 83.8 Å². The Kier molecular flexibility index (Phi) is 7.33. The first-order chi connectivity index (χ1) is 18.3. The van der Waals surface area contributed by atoms with Gasteiger partial charge in [0.1, 0.15) is 29.8 Å². The molecule has 4 aromatic rings. The molecular weight excluding hydrogens is 476 g/mol. The fourth-order valence-electron chi connectivity index (χ4n) is 4.62. The van der Waals surface area contributed by atoms with Crippen LogP contribution >= 0.6 is 0 Å². The summed E-state index contributed by atoms with van der Waals surface area (Å²) in [5.41, 5.74) is 5.03. The number of fused-ring (bicyclic) bond motifs is 1. The molecule has 1 fully saturated rings. The molecule has 2 aromatic carbocycles. The van der Waals surface area contributed by atoms with E-state index in [1.807, 2.05) is 18.2 Å². The summed E-state index contributed by atoms with van der Waals surface area (Å²) >= 11 is 0. The second kappa shape index (κ2) is 10.8. The highest BCUT2D eigenvalue weighted by Crippen LogP contribution is 2.30. The lowest BCUT2D eigenvalue weighted by molar-refractivity contribution is 0.221. The van der Waals surface area contributed by atoms with E-state index in [1.54, 1.807) is 6.33 Å². The van der Waals surface area contributed by atoms with Gasteiger partial charge in [0.2, 0.25) is 0 Å². The van der Waals surface area contributed by atoms with E-state index in [0.29, 0.717) is 18.1 Å². The van der Waals surface area contributed by atoms with Gasteiger partial charge < -0.3 is 25.2 Å². The van der Waals surface area contributed by atoms with Gasteiger partial charge in [-0.15, -0.1) is 0 Å². The first kappa shape index (κ1) is 25.7. The fourth-order valence-corrected chi connectivity index (χ4v) is 4.62. The largest absolute Gasteiger partial charge is 0.489 e. The molecule has 0 saturated carbocycles. The summed E-state index contributed by atoms with van der Waals surface area (Å²) in [6, 6.07) is 14.4. The first-order valence-electron chi connectivity index (χ1n) is 13.2. The summed E-state index contributed by atoms with van der Waals surface area (Å²) in [6.45, 7) is 14.4. The number of hydrogen-bond acceptors (Lipinski definition) is 8. The highest BCUT2D eigenvalue weighted by Gasteiger charge is 2.20. The highest BCUT2D eigenvalue weighted by atomic mass is 16.5. The standard InChI is InChI=1S/C30H36N6O2/c1-6-21-14-24-25(32-18-33-26(24)15-27(21)37-23-10-11-31-17-23)13-20-8-7-9-22(12-20)34-19(2)35-29-16-28(38-36-29)30(3,4)5/h7-9,12,14-16,18,23,31,34H,2,6,10-11,13,17H2,1,3-5H3,(H,35,36)/t23-/m1/s1. The highest BCUT2D eigenvalue weighted by molar-refractivity contribution is 5.83. The van der Waals surface area contributed by atoms with E-state index >= 15 is 0 Å². The minimum absolute atomic E-state index is 0.110. The van der Waals surface area contributed by atoms with Gasteiger partial charge >= 0.3 is 0 Å². The Balaban J connectivity index is 1.31. The van der Waals surface area contributed by atoms with Gasteiger partial charge in [0.25, 0.3) is 0 Å². The van der Waals surface area contributed by atoms with Crippen LogP contribution in [0, 0.1) is 0 Å². The summed E-state index contributed by atoms with van der Waals surface area (Å²) in [5.74, 6) is 2.97. The second-order valence-corrected chi connectivity index (χ2v) is 10.8. The number of nitrogens with one attached hydrogen (secondary N) is 3. The Morgan fingerprint density at radius 2 is 2.03 bits per heavy atom. The molecular formula is C30H36N6O2. The summed E-state index contributed by atoms with van der Waals surface area (Å²) in [6.07, 6.45) is 4.45. The molecule has 198 valence electrons. The molecule has 0 bridgehead atoms. The summed E-state index contributed by atoms with van der Waals surface area (Å²) in [5, 5.41) is 15.0. The maximum Gasteiger partial charge on any atom is 0.175 e. The van der Waals surface area contributed by atoms with Crippen LogP contribution in [0.4, 0.5) is 11.5 Å². The number of aryl methyl sites for hydroxylation is 1. The van der Waals surface area contributed by atoms with Crippen LogP contribution in [0.15, 0.2) is 65.7 Å². The van der Waals surface area contributed by atoms with E-state index in [-0.39, 0.29) is 11.5 Å². The first-order valence-corrected chi connectivity index (χ1v) is 13.2. The molecule has 0 radical (unpaired) electrons. The van der Waals surface area contributed by atoms with Gasteiger partial charge in [-0.1, -0.05) is 51.6 Å². The van der Waals surface area contributed by atoms with Gasteiger partial charge in [0, 0.05) is 41.6 Å². The van der Waals surface area contributed by atoms with Crippen LogP contribution in [0.25, 0.3) is 10.9 Å². The van der Waals surface area contributed by atoms with Crippen LogP contribution in [-0.2, 0) is 18.3 Å². The van der Waals surface area contributed by atoms with Crippen molar-refractivity contribution in [1.82, 2.24) is 20.4 Å². The monoisotopic (exact) mass is 512 g/mol. The van der Waals surface area contributed by atoms with Gasteiger partial charge in [0.05, 0.1) is 11.2 Å². The topological polar surface area (TPSA) is 97.1 Å². The normalized spacial score (nSPS) is 15.5. The minimum atomic E-state index is -0.110. The van der Waals surface area contributed by atoms with E-state index in [1.165, 1.54) is 5.56 Å². The van der Waals surface area contributed by atoms with Crippen molar-refractivity contribution >= 4 is 22.4 Å². The van der Waals surface area contributed by atoms with E-state index in [2.05, 4.69) is 89.6 Å². The van der Waals surface area contributed by atoms with Crippen molar-refractivity contribution in [2.75, 3.05) is 23.7 Å². The van der Waals surface area contributed by atoms with Crippen LogP contribution in [0.1, 0.15) is 56.7 Å². The summed E-state index contributed by atoms with van der Waals surface area (Å²) in [4.78, 5) is 9.20. The molecule has 38 heavy (non-hydrogen) atoms. The maximum absolute atomic E-state index is 6.32. The predicted octanol–water partition coefficient (Wildman–Crippen LogP) is 5.80. The van der Waals surface area contributed by atoms with Crippen LogP contribution in [-0.4, -0.2) is 34.3 Å². The van der Waals surface area contributed by atoms with E-state index in [4.69, 9.17) is 9.26 Å². The van der Waals surface area contributed by atoms with Gasteiger partial charge in [-0.2, -0.15) is 0 Å². The Hall–Kier alpha value is -3.91. The van der Waals surface area contributed by atoms with Crippen LogP contribution in [0.3, 0.4) is 0 Å². The molecule has 8 heteroatoms. The molecule has 8 nitrogen and oxygen atoms in total. The number of anilines is 2. The third-order valence-electron chi connectivity index (χ3n) is 6.71. The Morgan fingerprint density at radius 3 is 2.76 bits per heavy atom. The van der Waals surface area contributed by atoms with Crippen molar-refractivity contribution in [3.8, 4) is 5.75 Å². The SMILES string of the molecule is C=C(Nc1cccc(Cc2ncnc3cc(O[C@@H]4CCNC4)c(CC)cc23)c1)Nc1cc(C(C)(C)C)on1. The lowest BCUT2D eigenvalue weighted by Gasteiger charge is -2.17. The molecule has 2 aromatic heterocycles. The second-order valence-electron chi connectivity index (χ2n) is 10.8. The lowest BCUT2D eigenvalue weighted by atomic mass is 9.93. The molecule has 1 saturated heterocycles. The fraction of sp³-hybridized carbons (Fsp3) is 0.367. The lowest BCUT2D eigenvalue weighted by Crippen LogP contribution is -2.20. The molecule has 1 atom stereocenters. The Morgan fingerprint density at radius 1 is 1.16 bits per heavy atom. The summed E-state index contributed by atoms with van der Waals surface area (Å²) < 4.78 is 11.8. The third-order valence-corrected chi connectivity index (χ3v) is 6.71. The van der Waals surface area contributed by atoms with E-state index in [9.17, 15) is 0 Å². The number of hydrogen-bond donors (Lipinski definition) is 3. The number of rotatable bonds is 9. The van der Waals surface area contributed by atoms with Crippen molar-refractivity contribution in [1.29, 1.82) is 0 Å². The van der Waals surface area contributed by atoms with E-state index < -0.39 is 0 Å². The van der Waals surface area contributed by atoms with Gasteiger partial charge in [-0.3, -0.25) is 0 Å². The molecule has 5 rings (SSSR count). The van der Waals surface area contributed by atoms with Crippen molar-refractivity contribution in [2.24, 2.45) is 0 Å². The minimum Gasteiger partial charge on any atom is -0.489 e. The predicted molar refractivity (Wildman–Crippen MR) is 152 cm³/mol. The van der Waals surface area contributed by atoms with Crippen molar-refractivity contribution in [2.45, 2.75) is 58.5 Å². The molecule has 0 unspecified atom stereocenters. The smallest absolute Gasteiger partial charge is 0.175 e. The third kappa shape index (κ3) is 5.97. The van der Waals surface area contributed by atoms with Gasteiger partial charge in [0.15, 0.2) is 5.82 Å². The molecule has 0 amide bonds. The number of nitrogens with zero attached hydrogens (tertiary/aromatic N) is 3. The quantitative estimate of drug-likeness (QED) is 0.259. The average Bonchev–Trinajstić information content (AvgIpc) is 3.56. The number of benzene rings is 2. The number of ether oxygens (including phenoxy) is 1. The number of aromatic nitrogens is 3. The zero-order valence-corrected chi connectivity index (χ0v) is 22.6. The molecule has 1 aliphatic heterocycles. The Bertz CT molecular complexity index is 1430. The molecule has 3 heterocycles. The average molecular weight is 513 g/mol. The molecule has 1 aliphatic rings. The van der Waals surface area contributed by atoms with Crippen LogP contribution in [0.5, 0.6) is 5.75 Å². The Labute approximate surface area is 223 Å². The van der Waals surface area contributed by atoms with Crippen molar-refractivity contribution < 1.29 is 9.26 Å². The van der Waals surface area contributed by atoms with E-state index in [0.717, 1.165) is 65.3 Å². The molecule has 0 spiro atoms. The van der Waals surface area contributed by atoms with Crippen LogP contribution in [0.2, 0.25) is 0 Å². The molecule has 3 N–H and O–H groups in total.